The zero-order chi connectivity index (χ0) is 14.5. The summed E-state index contributed by atoms with van der Waals surface area (Å²) >= 11 is 0. The van der Waals surface area contributed by atoms with Crippen molar-refractivity contribution in [3.63, 3.8) is 0 Å². The SMILES string of the molecule is CC(O)CCN(C)C(=O)c1ccc(-n2cccc2)nc1. The minimum absolute atomic E-state index is 0.0859. The second kappa shape index (κ2) is 6.34. The molecule has 0 bridgehead atoms. The van der Waals surface area contributed by atoms with Crippen LogP contribution in [0.4, 0.5) is 0 Å². The van der Waals surface area contributed by atoms with E-state index in [0.29, 0.717) is 18.5 Å². The Bertz CT molecular complexity index is 547. The van der Waals surface area contributed by atoms with Gasteiger partial charge in [-0.15, -0.1) is 0 Å². The predicted octanol–water partition coefficient (Wildman–Crippen LogP) is 1.72. The van der Waals surface area contributed by atoms with Crippen LogP contribution in [0.5, 0.6) is 0 Å². The molecular formula is C15H19N3O2. The van der Waals surface area contributed by atoms with Gasteiger partial charge >= 0.3 is 0 Å². The maximum absolute atomic E-state index is 12.2. The Hall–Kier alpha value is -2.14. The Balaban J connectivity index is 2.04. The van der Waals surface area contributed by atoms with Gasteiger partial charge in [0, 0.05) is 32.2 Å². The van der Waals surface area contributed by atoms with Gasteiger partial charge in [-0.1, -0.05) is 0 Å². The molecule has 1 N–H and O–H groups in total. The maximum atomic E-state index is 12.2. The van der Waals surface area contributed by atoms with Gasteiger partial charge in [0.05, 0.1) is 11.7 Å². The third-order valence-corrected chi connectivity index (χ3v) is 3.09. The highest BCUT2D eigenvalue weighted by atomic mass is 16.3. The molecule has 2 aromatic rings. The highest BCUT2D eigenvalue weighted by Gasteiger charge is 2.12. The van der Waals surface area contributed by atoms with E-state index in [4.69, 9.17) is 0 Å². The minimum Gasteiger partial charge on any atom is -0.393 e. The van der Waals surface area contributed by atoms with Crippen molar-refractivity contribution in [2.45, 2.75) is 19.4 Å². The van der Waals surface area contributed by atoms with Crippen LogP contribution in [0.15, 0.2) is 42.9 Å². The molecule has 0 aromatic carbocycles. The lowest BCUT2D eigenvalue weighted by molar-refractivity contribution is 0.0768. The van der Waals surface area contributed by atoms with E-state index in [2.05, 4.69) is 4.98 Å². The van der Waals surface area contributed by atoms with E-state index in [0.717, 1.165) is 5.82 Å². The van der Waals surface area contributed by atoms with E-state index in [1.165, 1.54) is 0 Å². The van der Waals surface area contributed by atoms with E-state index < -0.39 is 6.10 Å². The number of carbonyl (C=O) groups is 1. The lowest BCUT2D eigenvalue weighted by Gasteiger charge is -2.18. The van der Waals surface area contributed by atoms with Crippen molar-refractivity contribution in [1.29, 1.82) is 0 Å². The molecule has 0 spiro atoms. The van der Waals surface area contributed by atoms with Crippen LogP contribution < -0.4 is 0 Å². The molecule has 0 aliphatic heterocycles. The number of aliphatic hydroxyl groups is 1. The molecule has 2 rings (SSSR count). The topological polar surface area (TPSA) is 58.4 Å². The van der Waals surface area contributed by atoms with Crippen LogP contribution in [0.1, 0.15) is 23.7 Å². The molecule has 0 aliphatic carbocycles. The van der Waals surface area contributed by atoms with Crippen LogP contribution in [-0.4, -0.2) is 45.2 Å². The summed E-state index contributed by atoms with van der Waals surface area (Å²) in [4.78, 5) is 18.0. The normalized spacial score (nSPS) is 12.2. The maximum Gasteiger partial charge on any atom is 0.255 e. The zero-order valence-corrected chi connectivity index (χ0v) is 11.7. The number of amides is 1. The Kier molecular flexibility index (Phi) is 4.53. The Morgan fingerprint density at radius 3 is 2.65 bits per heavy atom. The fourth-order valence-corrected chi connectivity index (χ4v) is 1.85. The van der Waals surface area contributed by atoms with Gasteiger partial charge in [0.2, 0.25) is 0 Å². The zero-order valence-electron chi connectivity index (χ0n) is 11.7. The molecule has 1 unspecified atom stereocenters. The Morgan fingerprint density at radius 1 is 1.40 bits per heavy atom. The molecule has 1 amide bonds. The molecule has 2 aromatic heterocycles. The smallest absolute Gasteiger partial charge is 0.255 e. The van der Waals surface area contributed by atoms with E-state index in [-0.39, 0.29) is 5.91 Å². The van der Waals surface area contributed by atoms with E-state index in [9.17, 15) is 9.90 Å². The molecule has 0 aliphatic rings. The van der Waals surface area contributed by atoms with Crippen LogP contribution in [0.25, 0.3) is 5.82 Å². The average Bonchev–Trinajstić information content (AvgIpc) is 2.98. The van der Waals surface area contributed by atoms with Gasteiger partial charge in [0.15, 0.2) is 0 Å². The number of pyridine rings is 1. The fraction of sp³-hybridized carbons (Fsp3) is 0.333. The van der Waals surface area contributed by atoms with Gasteiger partial charge in [0.25, 0.3) is 5.91 Å². The van der Waals surface area contributed by atoms with E-state index in [1.54, 1.807) is 31.1 Å². The molecule has 106 valence electrons. The number of carbonyl (C=O) groups excluding carboxylic acids is 1. The lowest BCUT2D eigenvalue weighted by atomic mass is 10.2. The van der Waals surface area contributed by atoms with Crippen LogP contribution in [0.3, 0.4) is 0 Å². The minimum atomic E-state index is -0.403. The molecule has 20 heavy (non-hydrogen) atoms. The van der Waals surface area contributed by atoms with Gasteiger partial charge in [0.1, 0.15) is 5.82 Å². The van der Waals surface area contributed by atoms with Crippen molar-refractivity contribution in [3.05, 3.63) is 48.4 Å². The molecule has 2 heterocycles. The Labute approximate surface area is 118 Å². The number of hydrogen-bond acceptors (Lipinski definition) is 3. The number of hydrogen-bond donors (Lipinski definition) is 1. The number of aliphatic hydroxyl groups excluding tert-OH is 1. The second-order valence-electron chi connectivity index (χ2n) is 4.86. The second-order valence-corrected chi connectivity index (χ2v) is 4.86. The quantitative estimate of drug-likeness (QED) is 0.902. The van der Waals surface area contributed by atoms with Crippen molar-refractivity contribution >= 4 is 5.91 Å². The number of aromatic nitrogens is 2. The van der Waals surface area contributed by atoms with Gasteiger partial charge in [-0.3, -0.25) is 4.79 Å². The van der Waals surface area contributed by atoms with Crippen molar-refractivity contribution in [2.24, 2.45) is 0 Å². The van der Waals surface area contributed by atoms with Gasteiger partial charge in [-0.2, -0.15) is 0 Å². The summed E-state index contributed by atoms with van der Waals surface area (Å²) in [5.41, 5.74) is 0.550. The third-order valence-electron chi connectivity index (χ3n) is 3.09. The highest BCUT2D eigenvalue weighted by molar-refractivity contribution is 5.93. The average molecular weight is 273 g/mol. The lowest BCUT2D eigenvalue weighted by Crippen LogP contribution is -2.29. The van der Waals surface area contributed by atoms with E-state index in [1.807, 2.05) is 35.2 Å². The fourth-order valence-electron chi connectivity index (χ4n) is 1.85. The largest absolute Gasteiger partial charge is 0.393 e. The molecule has 5 heteroatoms. The molecular weight excluding hydrogens is 254 g/mol. The van der Waals surface area contributed by atoms with Gasteiger partial charge in [-0.25, -0.2) is 4.98 Å². The highest BCUT2D eigenvalue weighted by Crippen LogP contribution is 2.08. The van der Waals surface area contributed by atoms with Crippen molar-refractivity contribution in [1.82, 2.24) is 14.5 Å². The standard InChI is InChI=1S/C15H19N3O2/c1-12(19)7-10-17(2)15(20)13-5-6-14(16-11-13)18-8-3-4-9-18/h3-6,8-9,11-12,19H,7,10H2,1-2H3. The molecule has 0 saturated heterocycles. The first-order chi connectivity index (χ1) is 9.58. The van der Waals surface area contributed by atoms with Crippen LogP contribution in [-0.2, 0) is 0 Å². The summed E-state index contributed by atoms with van der Waals surface area (Å²) in [6.45, 7) is 2.24. The number of rotatable bonds is 5. The molecule has 0 radical (unpaired) electrons. The Morgan fingerprint density at radius 2 is 2.10 bits per heavy atom. The summed E-state index contributed by atoms with van der Waals surface area (Å²) in [7, 11) is 1.73. The van der Waals surface area contributed by atoms with Crippen LogP contribution in [0, 0.1) is 0 Å². The summed E-state index contributed by atoms with van der Waals surface area (Å²) in [6.07, 6.45) is 5.55. The summed E-state index contributed by atoms with van der Waals surface area (Å²) in [5, 5.41) is 9.24. The molecule has 5 nitrogen and oxygen atoms in total. The first-order valence-corrected chi connectivity index (χ1v) is 6.61. The summed E-state index contributed by atoms with van der Waals surface area (Å²) in [5.74, 6) is 0.690. The molecule has 1 atom stereocenters. The monoisotopic (exact) mass is 273 g/mol. The van der Waals surface area contributed by atoms with Crippen molar-refractivity contribution in [2.75, 3.05) is 13.6 Å². The van der Waals surface area contributed by atoms with Crippen LogP contribution in [0.2, 0.25) is 0 Å². The van der Waals surface area contributed by atoms with Crippen LogP contribution >= 0.6 is 0 Å². The van der Waals surface area contributed by atoms with Crippen molar-refractivity contribution in [3.8, 4) is 5.82 Å². The summed E-state index contributed by atoms with van der Waals surface area (Å²) < 4.78 is 1.88. The van der Waals surface area contributed by atoms with Crippen molar-refractivity contribution < 1.29 is 9.90 Å². The summed E-state index contributed by atoms with van der Waals surface area (Å²) in [6, 6.07) is 7.43. The first-order valence-electron chi connectivity index (χ1n) is 6.61. The number of nitrogens with zero attached hydrogens (tertiary/aromatic N) is 3. The third kappa shape index (κ3) is 3.45. The van der Waals surface area contributed by atoms with Gasteiger partial charge in [-0.05, 0) is 37.6 Å². The molecule has 0 saturated carbocycles. The molecule has 0 fully saturated rings. The predicted molar refractivity (Wildman–Crippen MR) is 76.8 cm³/mol. The van der Waals surface area contributed by atoms with E-state index >= 15 is 0 Å². The van der Waals surface area contributed by atoms with Gasteiger partial charge < -0.3 is 14.6 Å². The first kappa shape index (κ1) is 14.3.